The van der Waals surface area contributed by atoms with Gasteiger partial charge in [-0.1, -0.05) is 32.9 Å². The molecule has 140 valence electrons. The normalized spacial score (nSPS) is 16.1. The molecule has 0 bridgehead atoms. The molecule has 6 heteroatoms. The van der Waals surface area contributed by atoms with Crippen LogP contribution in [-0.2, 0) is 6.42 Å². The fraction of sp³-hybridized carbons (Fsp3) is 0.333. The van der Waals surface area contributed by atoms with Gasteiger partial charge in [-0.25, -0.2) is 4.79 Å². The molecule has 4 rings (SSSR count). The van der Waals surface area contributed by atoms with Crippen molar-refractivity contribution in [2.45, 2.75) is 33.2 Å². The molecule has 0 unspecified atom stereocenters. The third kappa shape index (κ3) is 2.55. The van der Waals surface area contributed by atoms with Crippen molar-refractivity contribution in [3.05, 3.63) is 51.8 Å². The maximum atomic E-state index is 12.4. The van der Waals surface area contributed by atoms with Crippen LogP contribution in [0.4, 0.5) is 0 Å². The van der Waals surface area contributed by atoms with E-state index >= 15 is 0 Å². The van der Waals surface area contributed by atoms with Gasteiger partial charge < -0.3 is 18.8 Å². The Hall–Kier alpha value is -3.02. The number of aromatic carboxylic acids is 1. The van der Waals surface area contributed by atoms with Crippen LogP contribution in [-0.4, -0.2) is 22.8 Å². The number of fused-ring (bicyclic) bond motifs is 5. The quantitative estimate of drug-likeness (QED) is 0.737. The summed E-state index contributed by atoms with van der Waals surface area (Å²) < 4.78 is 13.4. The van der Waals surface area contributed by atoms with E-state index in [4.69, 9.17) is 9.15 Å². The van der Waals surface area contributed by atoms with Gasteiger partial charge in [-0.2, -0.15) is 0 Å². The monoisotopic (exact) mass is 367 g/mol. The van der Waals surface area contributed by atoms with Crippen molar-refractivity contribution < 1.29 is 19.1 Å². The molecule has 0 radical (unpaired) electrons. The Morgan fingerprint density at radius 1 is 1.33 bits per heavy atom. The van der Waals surface area contributed by atoms with E-state index in [0.29, 0.717) is 29.2 Å². The Labute approximate surface area is 156 Å². The van der Waals surface area contributed by atoms with Gasteiger partial charge in [0, 0.05) is 29.3 Å². The number of methoxy groups -OCH3 is 1. The van der Waals surface area contributed by atoms with Crippen LogP contribution >= 0.6 is 0 Å². The van der Waals surface area contributed by atoms with Gasteiger partial charge >= 0.3 is 5.97 Å². The summed E-state index contributed by atoms with van der Waals surface area (Å²) in [4.78, 5) is 23.9. The number of nitrogens with zero attached hydrogens (tertiary/aromatic N) is 1. The van der Waals surface area contributed by atoms with Gasteiger partial charge in [0.05, 0.1) is 12.8 Å². The van der Waals surface area contributed by atoms with Crippen molar-refractivity contribution in [1.82, 2.24) is 4.57 Å². The molecule has 1 N–H and O–H groups in total. The molecule has 0 amide bonds. The van der Waals surface area contributed by atoms with E-state index in [1.54, 1.807) is 7.11 Å². The van der Waals surface area contributed by atoms with E-state index in [1.165, 1.54) is 12.3 Å². The number of hydrogen-bond donors (Lipinski definition) is 1. The van der Waals surface area contributed by atoms with Gasteiger partial charge in [0.1, 0.15) is 5.56 Å². The van der Waals surface area contributed by atoms with E-state index in [0.717, 1.165) is 10.9 Å². The fourth-order valence-corrected chi connectivity index (χ4v) is 3.88. The van der Waals surface area contributed by atoms with Crippen molar-refractivity contribution in [3.8, 4) is 17.2 Å². The molecular formula is C21H21NO5. The minimum atomic E-state index is -1.22. The van der Waals surface area contributed by atoms with Gasteiger partial charge in [-0.3, -0.25) is 4.79 Å². The summed E-state index contributed by atoms with van der Waals surface area (Å²) in [7, 11) is 1.59. The molecular weight excluding hydrogens is 346 g/mol. The van der Waals surface area contributed by atoms with Gasteiger partial charge in [-0.05, 0) is 17.9 Å². The third-order valence-electron chi connectivity index (χ3n) is 5.28. The number of ether oxygens (including phenoxy) is 1. The molecule has 0 fully saturated rings. The highest BCUT2D eigenvalue weighted by Gasteiger charge is 2.36. The molecule has 0 saturated carbocycles. The fourth-order valence-electron chi connectivity index (χ4n) is 3.88. The average Bonchev–Trinajstić information content (AvgIpc) is 2.98. The van der Waals surface area contributed by atoms with E-state index in [2.05, 4.69) is 20.8 Å². The highest BCUT2D eigenvalue weighted by molar-refractivity contribution is 5.92. The first-order valence-corrected chi connectivity index (χ1v) is 8.80. The summed E-state index contributed by atoms with van der Waals surface area (Å²) in [5.41, 5.74) is 1.35. The molecule has 1 atom stereocenters. The predicted molar refractivity (Wildman–Crippen MR) is 102 cm³/mol. The van der Waals surface area contributed by atoms with E-state index < -0.39 is 11.4 Å². The number of carboxylic acid groups (broad SMARTS) is 1. The molecule has 0 saturated heterocycles. The Morgan fingerprint density at radius 2 is 2.07 bits per heavy atom. The molecule has 6 nitrogen and oxygen atoms in total. The van der Waals surface area contributed by atoms with Crippen LogP contribution in [0.5, 0.6) is 5.75 Å². The lowest BCUT2D eigenvalue weighted by molar-refractivity contribution is 0.0693. The van der Waals surface area contributed by atoms with Gasteiger partial charge in [0.25, 0.3) is 0 Å². The van der Waals surface area contributed by atoms with Crippen LogP contribution < -0.4 is 10.2 Å². The molecule has 0 aliphatic carbocycles. The van der Waals surface area contributed by atoms with E-state index in [9.17, 15) is 14.7 Å². The number of furan rings is 1. The summed E-state index contributed by atoms with van der Waals surface area (Å²) in [5, 5.41) is 10.3. The minimum absolute atomic E-state index is 0.0225. The molecule has 27 heavy (non-hydrogen) atoms. The molecule has 1 aromatic carbocycles. The first-order valence-electron chi connectivity index (χ1n) is 8.80. The molecule has 3 aromatic rings. The van der Waals surface area contributed by atoms with Crippen LogP contribution in [0, 0.1) is 5.41 Å². The first-order chi connectivity index (χ1) is 12.7. The third-order valence-corrected chi connectivity index (χ3v) is 5.28. The summed E-state index contributed by atoms with van der Waals surface area (Å²) in [6, 6.07) is 7.08. The lowest BCUT2D eigenvalue weighted by Gasteiger charge is -2.37. The van der Waals surface area contributed by atoms with Crippen molar-refractivity contribution in [2.75, 3.05) is 7.11 Å². The zero-order valence-electron chi connectivity index (χ0n) is 15.7. The van der Waals surface area contributed by atoms with E-state index in [-0.39, 0.29) is 17.0 Å². The number of rotatable bonds is 2. The van der Waals surface area contributed by atoms with Crippen LogP contribution in [0.2, 0.25) is 0 Å². The topological polar surface area (TPSA) is 81.7 Å². The largest absolute Gasteiger partial charge is 0.493 e. The second-order valence-corrected chi connectivity index (χ2v) is 7.98. The van der Waals surface area contributed by atoms with Crippen molar-refractivity contribution in [1.29, 1.82) is 0 Å². The van der Waals surface area contributed by atoms with E-state index in [1.807, 2.05) is 22.8 Å². The predicted octanol–water partition coefficient (Wildman–Crippen LogP) is 4.11. The average molecular weight is 367 g/mol. The van der Waals surface area contributed by atoms with Gasteiger partial charge in [-0.15, -0.1) is 0 Å². The molecule has 1 aliphatic rings. The van der Waals surface area contributed by atoms with Crippen LogP contribution in [0.1, 0.15) is 42.7 Å². The SMILES string of the molecule is COc1cccc2c3c(oc12)-c1cc(=O)c(C(=O)O)cn1[C@H](C(C)(C)C)C3. The lowest BCUT2D eigenvalue weighted by Crippen LogP contribution is -2.32. The highest BCUT2D eigenvalue weighted by atomic mass is 16.5. The van der Waals surface area contributed by atoms with Crippen LogP contribution in [0.25, 0.3) is 22.4 Å². The maximum absolute atomic E-state index is 12.4. The molecule has 0 spiro atoms. The number of pyridine rings is 1. The number of carboxylic acids is 1. The highest BCUT2D eigenvalue weighted by Crippen LogP contribution is 2.47. The van der Waals surface area contributed by atoms with Gasteiger partial charge in [0.15, 0.2) is 22.5 Å². The Morgan fingerprint density at radius 3 is 2.70 bits per heavy atom. The smallest absolute Gasteiger partial charge is 0.341 e. The summed E-state index contributed by atoms with van der Waals surface area (Å²) in [6.07, 6.45) is 2.12. The Balaban J connectivity index is 2.08. The Bertz CT molecular complexity index is 1130. The minimum Gasteiger partial charge on any atom is -0.493 e. The maximum Gasteiger partial charge on any atom is 0.341 e. The standard InChI is InChI=1S/C21H21NO5/c1-21(2,3)17-8-12-11-6-5-7-16(26-4)19(11)27-18(12)14-9-15(23)13(20(24)25)10-22(14)17/h5-7,9-10,17H,8H2,1-4H3,(H,24,25)/t17-/m0/s1. The zero-order valence-corrected chi connectivity index (χ0v) is 15.7. The first kappa shape index (κ1) is 17.4. The number of carbonyl (C=O) groups is 1. The molecule has 2 aromatic heterocycles. The Kier molecular flexibility index (Phi) is 3.70. The summed E-state index contributed by atoms with van der Waals surface area (Å²) in [5.74, 6) is 0.00864. The summed E-state index contributed by atoms with van der Waals surface area (Å²) >= 11 is 0. The second kappa shape index (κ2) is 5.74. The molecule has 3 heterocycles. The number of para-hydroxylation sites is 1. The van der Waals surface area contributed by atoms with Crippen LogP contribution in [0.3, 0.4) is 0 Å². The lowest BCUT2D eigenvalue weighted by atomic mass is 9.80. The summed E-state index contributed by atoms with van der Waals surface area (Å²) in [6.45, 7) is 6.32. The zero-order chi connectivity index (χ0) is 19.5. The molecule has 1 aliphatic heterocycles. The van der Waals surface area contributed by atoms with Crippen molar-refractivity contribution in [2.24, 2.45) is 5.41 Å². The number of benzene rings is 1. The van der Waals surface area contributed by atoms with Crippen molar-refractivity contribution in [3.63, 3.8) is 0 Å². The van der Waals surface area contributed by atoms with Crippen molar-refractivity contribution >= 4 is 16.9 Å². The van der Waals surface area contributed by atoms with Gasteiger partial charge in [0.2, 0.25) is 0 Å². The number of aromatic nitrogens is 1. The number of hydrogen-bond acceptors (Lipinski definition) is 4. The van der Waals surface area contributed by atoms with Crippen LogP contribution in [0.15, 0.2) is 39.7 Å². The second-order valence-electron chi connectivity index (χ2n) is 7.98.